The van der Waals surface area contributed by atoms with Crippen LogP contribution in [0.4, 0.5) is 0 Å². The van der Waals surface area contributed by atoms with E-state index in [9.17, 15) is 0 Å². The van der Waals surface area contributed by atoms with Crippen molar-refractivity contribution in [2.75, 3.05) is 0 Å². The molecule has 0 radical (unpaired) electrons. The molecular formula is C14H12N2OS. The van der Waals surface area contributed by atoms with Gasteiger partial charge in [0.15, 0.2) is 0 Å². The highest BCUT2D eigenvalue weighted by Gasteiger charge is 2.05. The van der Waals surface area contributed by atoms with Gasteiger partial charge in [0.2, 0.25) is 5.88 Å². The molecule has 1 aromatic carbocycles. The van der Waals surface area contributed by atoms with Crippen LogP contribution in [0.15, 0.2) is 42.0 Å². The van der Waals surface area contributed by atoms with Gasteiger partial charge in [-0.3, -0.25) is 0 Å². The standard InChI is InChI=1S/C14H12N2OS/c1-10-3-2-4-11(7-10)8-17-13-12-5-6-18-14(12)16-9-15-13/h2-7,9H,8H2,1H3. The van der Waals surface area contributed by atoms with Crippen LogP contribution in [0.1, 0.15) is 11.1 Å². The van der Waals surface area contributed by atoms with Crippen LogP contribution < -0.4 is 4.74 Å². The second-order valence-corrected chi connectivity index (χ2v) is 4.99. The van der Waals surface area contributed by atoms with Crippen molar-refractivity contribution in [2.24, 2.45) is 0 Å². The lowest BCUT2D eigenvalue weighted by molar-refractivity contribution is 0.297. The first kappa shape index (κ1) is 11.2. The van der Waals surface area contributed by atoms with E-state index >= 15 is 0 Å². The number of fused-ring (bicyclic) bond motifs is 1. The fourth-order valence-electron chi connectivity index (χ4n) is 1.84. The maximum absolute atomic E-state index is 5.77. The topological polar surface area (TPSA) is 35.0 Å². The van der Waals surface area contributed by atoms with Gasteiger partial charge >= 0.3 is 0 Å². The minimum atomic E-state index is 0.531. The van der Waals surface area contributed by atoms with Crippen LogP contribution >= 0.6 is 11.3 Å². The SMILES string of the molecule is Cc1cccc(COc2ncnc3sccc23)c1. The number of benzene rings is 1. The molecule has 0 N–H and O–H groups in total. The second-order valence-electron chi connectivity index (χ2n) is 4.10. The van der Waals surface area contributed by atoms with E-state index in [4.69, 9.17) is 4.74 Å². The predicted molar refractivity (Wildman–Crippen MR) is 72.9 cm³/mol. The molecule has 0 atom stereocenters. The second kappa shape index (κ2) is 4.74. The molecule has 90 valence electrons. The van der Waals surface area contributed by atoms with Crippen LogP contribution in [-0.2, 0) is 6.61 Å². The van der Waals surface area contributed by atoms with Crippen LogP contribution in [0.2, 0.25) is 0 Å². The van der Waals surface area contributed by atoms with E-state index < -0.39 is 0 Å². The Morgan fingerprint density at radius 2 is 2.17 bits per heavy atom. The van der Waals surface area contributed by atoms with E-state index in [1.165, 1.54) is 5.56 Å². The number of thiophene rings is 1. The summed E-state index contributed by atoms with van der Waals surface area (Å²) >= 11 is 1.59. The van der Waals surface area contributed by atoms with Crippen molar-refractivity contribution in [1.82, 2.24) is 9.97 Å². The lowest BCUT2D eigenvalue weighted by Gasteiger charge is -2.06. The minimum absolute atomic E-state index is 0.531. The van der Waals surface area contributed by atoms with Gasteiger partial charge in [0.25, 0.3) is 0 Å². The van der Waals surface area contributed by atoms with E-state index in [0.717, 1.165) is 15.8 Å². The zero-order valence-electron chi connectivity index (χ0n) is 9.96. The van der Waals surface area contributed by atoms with Gasteiger partial charge < -0.3 is 4.74 Å². The van der Waals surface area contributed by atoms with Crippen molar-refractivity contribution >= 4 is 21.6 Å². The maximum Gasteiger partial charge on any atom is 0.225 e. The van der Waals surface area contributed by atoms with Gasteiger partial charge in [0, 0.05) is 0 Å². The molecule has 0 fully saturated rings. The Hall–Kier alpha value is -1.94. The van der Waals surface area contributed by atoms with Gasteiger partial charge in [-0.25, -0.2) is 9.97 Å². The van der Waals surface area contributed by atoms with Gasteiger partial charge in [-0.15, -0.1) is 11.3 Å². The first-order valence-corrected chi connectivity index (χ1v) is 6.57. The fraction of sp³-hybridized carbons (Fsp3) is 0.143. The predicted octanol–water partition coefficient (Wildman–Crippen LogP) is 3.58. The third kappa shape index (κ3) is 2.19. The third-order valence-electron chi connectivity index (χ3n) is 2.68. The molecule has 18 heavy (non-hydrogen) atoms. The molecule has 0 bridgehead atoms. The zero-order valence-corrected chi connectivity index (χ0v) is 10.8. The Morgan fingerprint density at radius 1 is 1.22 bits per heavy atom. The lowest BCUT2D eigenvalue weighted by Crippen LogP contribution is -1.98. The molecule has 0 unspecified atom stereocenters. The Kier molecular flexibility index (Phi) is 2.94. The average Bonchev–Trinajstić information content (AvgIpc) is 2.85. The van der Waals surface area contributed by atoms with Crippen molar-refractivity contribution in [3.05, 3.63) is 53.2 Å². The summed E-state index contributed by atoms with van der Waals surface area (Å²) < 4.78 is 5.77. The van der Waals surface area contributed by atoms with Crippen LogP contribution in [0.25, 0.3) is 10.2 Å². The van der Waals surface area contributed by atoms with Crippen molar-refractivity contribution < 1.29 is 4.74 Å². The molecule has 0 aliphatic heterocycles. The third-order valence-corrected chi connectivity index (χ3v) is 3.50. The summed E-state index contributed by atoms with van der Waals surface area (Å²) in [6, 6.07) is 10.3. The molecule has 0 spiro atoms. The number of aromatic nitrogens is 2. The number of nitrogens with zero attached hydrogens (tertiary/aromatic N) is 2. The summed E-state index contributed by atoms with van der Waals surface area (Å²) in [6.45, 7) is 2.61. The van der Waals surface area contributed by atoms with Gasteiger partial charge in [0.05, 0.1) is 5.39 Å². The number of rotatable bonds is 3. The molecule has 2 aromatic heterocycles. The summed E-state index contributed by atoms with van der Waals surface area (Å²) in [4.78, 5) is 9.35. The Balaban J connectivity index is 1.83. The molecule has 3 rings (SSSR count). The quantitative estimate of drug-likeness (QED) is 0.718. The molecule has 0 saturated heterocycles. The largest absolute Gasteiger partial charge is 0.472 e. The lowest BCUT2D eigenvalue weighted by atomic mass is 10.1. The summed E-state index contributed by atoms with van der Waals surface area (Å²) in [5.74, 6) is 0.655. The highest BCUT2D eigenvalue weighted by molar-refractivity contribution is 7.16. The highest BCUT2D eigenvalue weighted by atomic mass is 32.1. The molecule has 3 nitrogen and oxygen atoms in total. The number of ether oxygens (including phenoxy) is 1. The van der Waals surface area contributed by atoms with Crippen LogP contribution in [0.3, 0.4) is 0 Å². The number of hydrogen-bond donors (Lipinski definition) is 0. The van der Waals surface area contributed by atoms with E-state index in [0.29, 0.717) is 12.5 Å². The monoisotopic (exact) mass is 256 g/mol. The van der Waals surface area contributed by atoms with Gasteiger partial charge in [-0.1, -0.05) is 29.8 Å². The molecule has 0 aliphatic rings. The van der Waals surface area contributed by atoms with Crippen molar-refractivity contribution in [1.29, 1.82) is 0 Å². The van der Waals surface area contributed by atoms with Crippen molar-refractivity contribution in [3.8, 4) is 5.88 Å². The maximum atomic E-state index is 5.77. The van der Waals surface area contributed by atoms with E-state index in [1.807, 2.05) is 17.5 Å². The smallest absolute Gasteiger partial charge is 0.225 e. The molecule has 2 heterocycles. The first-order valence-electron chi connectivity index (χ1n) is 5.69. The van der Waals surface area contributed by atoms with Crippen LogP contribution in [0, 0.1) is 6.92 Å². The Labute approximate surface area is 109 Å². The summed E-state index contributed by atoms with van der Waals surface area (Å²) in [5.41, 5.74) is 2.39. The zero-order chi connectivity index (χ0) is 12.4. The van der Waals surface area contributed by atoms with Crippen molar-refractivity contribution in [2.45, 2.75) is 13.5 Å². The minimum Gasteiger partial charge on any atom is -0.472 e. The van der Waals surface area contributed by atoms with Gasteiger partial charge in [-0.2, -0.15) is 0 Å². The normalized spacial score (nSPS) is 10.7. The average molecular weight is 256 g/mol. The molecular weight excluding hydrogens is 244 g/mol. The summed E-state index contributed by atoms with van der Waals surface area (Å²) in [6.07, 6.45) is 1.55. The molecule has 0 saturated carbocycles. The summed E-state index contributed by atoms with van der Waals surface area (Å²) in [7, 11) is 0. The number of hydrogen-bond acceptors (Lipinski definition) is 4. The van der Waals surface area contributed by atoms with Gasteiger partial charge in [-0.05, 0) is 23.9 Å². The highest BCUT2D eigenvalue weighted by Crippen LogP contribution is 2.25. The molecule has 3 aromatic rings. The first-order chi connectivity index (χ1) is 8.83. The van der Waals surface area contributed by atoms with Crippen LogP contribution in [0.5, 0.6) is 5.88 Å². The Bertz CT molecular complexity index is 678. The summed E-state index contributed by atoms with van der Waals surface area (Å²) in [5, 5.41) is 2.98. The Morgan fingerprint density at radius 3 is 3.06 bits per heavy atom. The van der Waals surface area contributed by atoms with Gasteiger partial charge in [0.1, 0.15) is 17.8 Å². The molecule has 4 heteroatoms. The number of aryl methyl sites for hydroxylation is 1. The molecule has 0 amide bonds. The van der Waals surface area contributed by atoms with E-state index in [1.54, 1.807) is 17.7 Å². The van der Waals surface area contributed by atoms with E-state index in [-0.39, 0.29) is 0 Å². The van der Waals surface area contributed by atoms with Crippen molar-refractivity contribution in [3.63, 3.8) is 0 Å². The molecule has 0 aliphatic carbocycles. The fourth-order valence-corrected chi connectivity index (χ4v) is 2.56. The van der Waals surface area contributed by atoms with E-state index in [2.05, 4.69) is 35.1 Å². The van der Waals surface area contributed by atoms with Crippen LogP contribution in [-0.4, -0.2) is 9.97 Å².